The minimum Gasteiger partial charge on any atom is -0.497 e. The van der Waals surface area contributed by atoms with E-state index in [1.54, 1.807) is 28.4 Å². The Hall–Kier alpha value is -4.52. The van der Waals surface area contributed by atoms with Crippen molar-refractivity contribution in [2.24, 2.45) is 0 Å². The van der Waals surface area contributed by atoms with Gasteiger partial charge in [-0.2, -0.15) is 0 Å². The minimum atomic E-state index is 0.210. The number of benzene rings is 4. The maximum absolute atomic E-state index is 6.38. The summed E-state index contributed by atoms with van der Waals surface area (Å²) in [7, 11) is 6.63. The molecule has 0 aliphatic carbocycles. The van der Waals surface area contributed by atoms with Gasteiger partial charge < -0.3 is 33.2 Å². The van der Waals surface area contributed by atoms with Crippen LogP contribution >= 0.6 is 0 Å². The predicted octanol–water partition coefficient (Wildman–Crippen LogP) is 6.81. The second kappa shape index (κ2) is 12.6. The van der Waals surface area contributed by atoms with E-state index >= 15 is 0 Å². The fourth-order valence-corrected chi connectivity index (χ4v) is 4.77. The molecule has 1 aliphatic heterocycles. The average molecular weight is 543 g/mol. The van der Waals surface area contributed by atoms with Crippen molar-refractivity contribution in [1.29, 1.82) is 0 Å². The highest BCUT2D eigenvalue weighted by atomic mass is 16.7. The lowest BCUT2D eigenvalue weighted by atomic mass is 10.0. The van der Waals surface area contributed by atoms with Gasteiger partial charge in [-0.15, -0.1) is 0 Å². The number of rotatable bonds is 12. The van der Waals surface area contributed by atoms with Crippen LogP contribution in [-0.2, 0) is 25.7 Å². The summed E-state index contributed by atoms with van der Waals surface area (Å²) in [4.78, 5) is 0. The van der Waals surface area contributed by atoms with Gasteiger partial charge in [0.05, 0.1) is 28.4 Å². The van der Waals surface area contributed by atoms with Gasteiger partial charge in [-0.1, -0.05) is 18.2 Å². The number of hydrogen-bond acceptors (Lipinski definition) is 7. The van der Waals surface area contributed by atoms with E-state index in [-0.39, 0.29) is 6.79 Å². The van der Waals surface area contributed by atoms with Crippen molar-refractivity contribution in [1.82, 2.24) is 0 Å². The fourth-order valence-electron chi connectivity index (χ4n) is 4.77. The minimum absolute atomic E-state index is 0.210. The summed E-state index contributed by atoms with van der Waals surface area (Å²) >= 11 is 0. The molecule has 0 fully saturated rings. The lowest BCUT2D eigenvalue weighted by Gasteiger charge is -2.15. The van der Waals surface area contributed by atoms with Gasteiger partial charge in [0.2, 0.25) is 12.5 Å². The number of aryl methyl sites for hydroxylation is 4. The van der Waals surface area contributed by atoms with E-state index in [1.807, 2.05) is 54.6 Å². The summed E-state index contributed by atoms with van der Waals surface area (Å²) in [5, 5.41) is 0. The van der Waals surface area contributed by atoms with E-state index in [1.165, 1.54) is 5.56 Å². The average Bonchev–Trinajstić information content (AvgIpc) is 3.47. The number of hydrogen-bond donors (Lipinski definition) is 0. The van der Waals surface area contributed by atoms with Crippen LogP contribution in [0.25, 0.3) is 0 Å². The van der Waals surface area contributed by atoms with E-state index in [2.05, 4.69) is 18.2 Å². The van der Waals surface area contributed by atoms with Gasteiger partial charge >= 0.3 is 0 Å². The second-order valence-corrected chi connectivity index (χ2v) is 9.49. The standard InChI is InChI=1S/C33H34O7/c1-34-26-7-5-6-22(14-26)8-10-24-15-27(35-2)20-28(16-24)40-30-17-23(12-13-29(30)36-3)9-11-25-18-31(37-4)33-32(19-25)38-21-39-33/h5-7,12-20H,8-11,21H2,1-4H3. The Morgan fingerprint density at radius 3 is 1.93 bits per heavy atom. The van der Waals surface area contributed by atoms with Crippen LogP contribution in [-0.4, -0.2) is 35.2 Å². The molecule has 0 radical (unpaired) electrons. The third kappa shape index (κ3) is 6.37. The summed E-state index contributed by atoms with van der Waals surface area (Å²) < 4.78 is 39.5. The summed E-state index contributed by atoms with van der Waals surface area (Å²) in [6, 6.07) is 24.1. The Morgan fingerprint density at radius 2 is 1.18 bits per heavy atom. The molecule has 0 N–H and O–H groups in total. The SMILES string of the molecule is COc1cccc(CCc2cc(OC)cc(Oc3cc(CCc4cc(OC)c5c(c4)OCO5)ccc3OC)c2)c1. The molecule has 0 saturated carbocycles. The van der Waals surface area contributed by atoms with Gasteiger partial charge in [0, 0.05) is 6.07 Å². The van der Waals surface area contributed by atoms with Crippen LogP contribution < -0.4 is 33.2 Å². The molecule has 1 heterocycles. The van der Waals surface area contributed by atoms with Gasteiger partial charge in [-0.05, 0) is 96.5 Å². The van der Waals surface area contributed by atoms with Crippen LogP contribution in [0.3, 0.4) is 0 Å². The third-order valence-corrected chi connectivity index (χ3v) is 6.89. The first-order chi connectivity index (χ1) is 19.6. The van der Waals surface area contributed by atoms with Crippen LogP contribution in [0.4, 0.5) is 0 Å². The molecule has 0 amide bonds. The zero-order chi connectivity index (χ0) is 27.9. The Kier molecular flexibility index (Phi) is 8.50. The molecule has 40 heavy (non-hydrogen) atoms. The Morgan fingerprint density at radius 1 is 0.525 bits per heavy atom. The fraction of sp³-hybridized carbons (Fsp3) is 0.273. The summed E-state index contributed by atoms with van der Waals surface area (Å²) in [6.07, 6.45) is 3.30. The third-order valence-electron chi connectivity index (χ3n) is 6.89. The second-order valence-electron chi connectivity index (χ2n) is 9.49. The first kappa shape index (κ1) is 27.1. The van der Waals surface area contributed by atoms with Gasteiger partial charge in [0.15, 0.2) is 23.0 Å². The van der Waals surface area contributed by atoms with E-state index in [4.69, 9.17) is 33.2 Å². The molecule has 7 nitrogen and oxygen atoms in total. The summed E-state index contributed by atoms with van der Waals surface area (Å²) in [6.45, 7) is 0.210. The number of fused-ring (bicyclic) bond motifs is 1. The quantitative estimate of drug-likeness (QED) is 0.195. The molecule has 0 unspecified atom stereocenters. The van der Waals surface area contributed by atoms with Crippen molar-refractivity contribution in [3.63, 3.8) is 0 Å². The number of methoxy groups -OCH3 is 4. The molecule has 5 rings (SSSR count). The monoisotopic (exact) mass is 542 g/mol. The molecule has 1 aliphatic rings. The largest absolute Gasteiger partial charge is 0.497 e. The summed E-state index contributed by atoms with van der Waals surface area (Å²) in [5.74, 6) is 5.66. The van der Waals surface area contributed by atoms with Crippen molar-refractivity contribution in [2.45, 2.75) is 25.7 Å². The maximum Gasteiger partial charge on any atom is 0.231 e. The smallest absolute Gasteiger partial charge is 0.231 e. The van der Waals surface area contributed by atoms with Crippen LogP contribution in [0, 0.1) is 0 Å². The van der Waals surface area contributed by atoms with Crippen molar-refractivity contribution in [2.75, 3.05) is 35.2 Å². The number of ether oxygens (including phenoxy) is 7. The molecule has 0 atom stereocenters. The molecular formula is C33H34O7. The Balaban J connectivity index is 1.31. The maximum atomic E-state index is 6.38. The zero-order valence-corrected chi connectivity index (χ0v) is 23.3. The molecule has 4 aromatic carbocycles. The first-order valence-electron chi connectivity index (χ1n) is 13.2. The van der Waals surface area contributed by atoms with Gasteiger partial charge in [0.25, 0.3) is 0 Å². The Labute approximate surface area is 235 Å². The highest BCUT2D eigenvalue weighted by Gasteiger charge is 2.20. The topological polar surface area (TPSA) is 64.6 Å². The van der Waals surface area contributed by atoms with Crippen molar-refractivity contribution >= 4 is 0 Å². The molecule has 7 heteroatoms. The van der Waals surface area contributed by atoms with Crippen LogP contribution in [0.5, 0.6) is 46.0 Å². The predicted molar refractivity (Wildman–Crippen MR) is 153 cm³/mol. The van der Waals surface area contributed by atoms with E-state index < -0.39 is 0 Å². The normalized spacial score (nSPS) is 11.7. The van der Waals surface area contributed by atoms with Crippen LogP contribution in [0.1, 0.15) is 22.3 Å². The van der Waals surface area contributed by atoms with E-state index in [0.29, 0.717) is 34.5 Å². The Bertz CT molecular complexity index is 1460. The summed E-state index contributed by atoms with van der Waals surface area (Å²) in [5.41, 5.74) is 4.55. The van der Waals surface area contributed by atoms with Crippen molar-refractivity contribution < 1.29 is 33.2 Å². The first-order valence-corrected chi connectivity index (χ1v) is 13.2. The molecule has 0 aromatic heterocycles. The molecule has 0 spiro atoms. The molecular weight excluding hydrogens is 508 g/mol. The van der Waals surface area contributed by atoms with E-state index in [0.717, 1.165) is 53.9 Å². The zero-order valence-electron chi connectivity index (χ0n) is 23.3. The molecule has 0 saturated heterocycles. The van der Waals surface area contributed by atoms with Gasteiger partial charge in [-0.25, -0.2) is 0 Å². The van der Waals surface area contributed by atoms with Crippen LogP contribution in [0.2, 0.25) is 0 Å². The highest BCUT2D eigenvalue weighted by molar-refractivity contribution is 5.55. The highest BCUT2D eigenvalue weighted by Crippen LogP contribution is 2.42. The molecule has 4 aromatic rings. The van der Waals surface area contributed by atoms with Crippen molar-refractivity contribution in [3.8, 4) is 46.0 Å². The van der Waals surface area contributed by atoms with Gasteiger partial charge in [-0.3, -0.25) is 0 Å². The lowest BCUT2D eigenvalue weighted by Crippen LogP contribution is -1.98. The van der Waals surface area contributed by atoms with Gasteiger partial charge in [0.1, 0.15) is 17.2 Å². The lowest BCUT2D eigenvalue weighted by molar-refractivity contribution is 0.171. The molecule has 0 bridgehead atoms. The van der Waals surface area contributed by atoms with E-state index in [9.17, 15) is 0 Å². The van der Waals surface area contributed by atoms with Crippen molar-refractivity contribution in [3.05, 3.63) is 95.1 Å². The molecule has 208 valence electrons. The van der Waals surface area contributed by atoms with Crippen LogP contribution in [0.15, 0.2) is 72.8 Å².